The summed E-state index contributed by atoms with van der Waals surface area (Å²) in [5.74, 6) is 1.07. The molecule has 0 radical (unpaired) electrons. The molecule has 5 nitrogen and oxygen atoms in total. The standard InChI is InChI=1S/C19H19BrN2O3S/c1-3-12-25-18-9-6-15(13-17(18)20)19-21-10-11-22(19)26(23,24)16-7-4-14(2)5-8-16/h4-11,13H,3,12H2,1-2H3. The van der Waals surface area contributed by atoms with Crippen LogP contribution in [0.4, 0.5) is 0 Å². The number of benzene rings is 2. The molecule has 0 bridgehead atoms. The third kappa shape index (κ3) is 3.68. The lowest BCUT2D eigenvalue weighted by atomic mass is 10.2. The summed E-state index contributed by atoms with van der Waals surface area (Å²) in [5.41, 5.74) is 1.68. The first-order chi connectivity index (χ1) is 12.4. The fraction of sp³-hybridized carbons (Fsp3) is 0.211. The van der Waals surface area contributed by atoms with E-state index in [2.05, 4.69) is 20.9 Å². The van der Waals surface area contributed by atoms with Crippen LogP contribution in [-0.2, 0) is 10.0 Å². The largest absolute Gasteiger partial charge is 0.492 e. The van der Waals surface area contributed by atoms with Crippen LogP contribution in [0.1, 0.15) is 18.9 Å². The van der Waals surface area contributed by atoms with Gasteiger partial charge in [0.25, 0.3) is 10.0 Å². The minimum Gasteiger partial charge on any atom is -0.492 e. The fourth-order valence-electron chi connectivity index (χ4n) is 2.48. The smallest absolute Gasteiger partial charge is 0.269 e. The molecule has 0 saturated carbocycles. The van der Waals surface area contributed by atoms with E-state index in [1.807, 2.05) is 26.0 Å². The fourth-order valence-corrected chi connectivity index (χ4v) is 4.28. The van der Waals surface area contributed by atoms with E-state index in [9.17, 15) is 8.42 Å². The van der Waals surface area contributed by atoms with Crippen molar-refractivity contribution in [1.29, 1.82) is 0 Å². The van der Waals surface area contributed by atoms with Crippen molar-refractivity contribution < 1.29 is 13.2 Å². The van der Waals surface area contributed by atoms with Gasteiger partial charge in [0, 0.05) is 18.0 Å². The van der Waals surface area contributed by atoms with Crippen molar-refractivity contribution in [2.75, 3.05) is 6.61 Å². The second kappa shape index (κ2) is 7.63. The molecule has 0 saturated heterocycles. The highest BCUT2D eigenvalue weighted by atomic mass is 79.9. The lowest BCUT2D eigenvalue weighted by Crippen LogP contribution is -2.13. The van der Waals surface area contributed by atoms with E-state index in [0.29, 0.717) is 18.0 Å². The maximum atomic E-state index is 13.0. The van der Waals surface area contributed by atoms with Crippen LogP contribution >= 0.6 is 15.9 Å². The first-order valence-corrected chi connectivity index (χ1v) is 10.4. The highest BCUT2D eigenvalue weighted by Gasteiger charge is 2.21. The van der Waals surface area contributed by atoms with E-state index in [1.54, 1.807) is 30.3 Å². The summed E-state index contributed by atoms with van der Waals surface area (Å²) in [4.78, 5) is 4.48. The van der Waals surface area contributed by atoms with E-state index in [4.69, 9.17) is 4.74 Å². The molecule has 0 aliphatic carbocycles. The third-order valence-electron chi connectivity index (χ3n) is 3.84. The van der Waals surface area contributed by atoms with Gasteiger partial charge in [-0.25, -0.2) is 17.4 Å². The van der Waals surface area contributed by atoms with Crippen molar-refractivity contribution >= 4 is 26.0 Å². The molecule has 136 valence electrons. The van der Waals surface area contributed by atoms with Gasteiger partial charge in [-0.15, -0.1) is 0 Å². The van der Waals surface area contributed by atoms with Gasteiger partial charge in [-0.2, -0.15) is 0 Å². The summed E-state index contributed by atoms with van der Waals surface area (Å²) >= 11 is 3.48. The van der Waals surface area contributed by atoms with Gasteiger partial charge >= 0.3 is 0 Å². The Hall–Kier alpha value is -2.12. The Bertz CT molecular complexity index is 1010. The normalized spacial score (nSPS) is 11.5. The molecule has 0 amide bonds. The third-order valence-corrected chi connectivity index (χ3v) is 6.14. The van der Waals surface area contributed by atoms with Crippen molar-refractivity contribution in [2.45, 2.75) is 25.2 Å². The van der Waals surface area contributed by atoms with Crippen molar-refractivity contribution in [1.82, 2.24) is 8.96 Å². The van der Waals surface area contributed by atoms with Gasteiger partial charge in [-0.1, -0.05) is 24.6 Å². The molecule has 1 aromatic heterocycles. The molecule has 2 aromatic carbocycles. The van der Waals surface area contributed by atoms with Gasteiger partial charge < -0.3 is 4.74 Å². The minimum atomic E-state index is -3.72. The number of hydrogen-bond acceptors (Lipinski definition) is 4. The van der Waals surface area contributed by atoms with Gasteiger partial charge in [0.2, 0.25) is 0 Å². The Morgan fingerprint density at radius 2 is 1.88 bits per heavy atom. The van der Waals surface area contributed by atoms with E-state index in [0.717, 1.165) is 22.2 Å². The van der Waals surface area contributed by atoms with Crippen molar-refractivity contribution in [2.24, 2.45) is 0 Å². The summed E-state index contributed by atoms with van der Waals surface area (Å²) < 4.78 is 33.6. The van der Waals surface area contributed by atoms with Crippen molar-refractivity contribution in [3.63, 3.8) is 0 Å². The van der Waals surface area contributed by atoms with Crippen LogP contribution in [0.3, 0.4) is 0 Å². The number of hydrogen-bond donors (Lipinski definition) is 0. The summed E-state index contributed by atoms with van der Waals surface area (Å²) in [6, 6.07) is 12.2. The molecule has 26 heavy (non-hydrogen) atoms. The van der Waals surface area contributed by atoms with Crippen LogP contribution < -0.4 is 4.74 Å². The molecule has 0 aliphatic rings. The summed E-state index contributed by atoms with van der Waals surface area (Å²) in [7, 11) is -3.72. The quantitative estimate of drug-likeness (QED) is 0.566. The predicted molar refractivity (Wildman–Crippen MR) is 105 cm³/mol. The van der Waals surface area contributed by atoms with E-state index >= 15 is 0 Å². The molecular weight excluding hydrogens is 416 g/mol. The first-order valence-electron chi connectivity index (χ1n) is 8.22. The number of ether oxygens (including phenoxy) is 1. The Morgan fingerprint density at radius 1 is 1.15 bits per heavy atom. The lowest BCUT2D eigenvalue weighted by Gasteiger charge is -2.12. The SMILES string of the molecule is CCCOc1ccc(-c2nccn2S(=O)(=O)c2ccc(C)cc2)cc1Br. The maximum absolute atomic E-state index is 13.0. The number of halogens is 1. The van der Waals surface area contributed by atoms with Gasteiger partial charge in [0.1, 0.15) is 5.75 Å². The molecule has 0 fully saturated rings. The topological polar surface area (TPSA) is 61.2 Å². The molecule has 1 heterocycles. The molecule has 0 unspecified atom stereocenters. The highest BCUT2D eigenvalue weighted by Crippen LogP contribution is 2.31. The van der Waals surface area contributed by atoms with Crippen molar-refractivity contribution in [3.8, 4) is 17.1 Å². The van der Waals surface area contributed by atoms with Crippen LogP contribution in [0.15, 0.2) is 64.2 Å². The number of nitrogens with zero attached hydrogens (tertiary/aromatic N) is 2. The van der Waals surface area contributed by atoms with Crippen LogP contribution in [0.25, 0.3) is 11.4 Å². The average molecular weight is 435 g/mol. The zero-order valence-electron chi connectivity index (χ0n) is 14.5. The number of rotatable bonds is 6. The van der Waals surface area contributed by atoms with Gasteiger partial charge in [0.15, 0.2) is 5.82 Å². The zero-order chi connectivity index (χ0) is 18.7. The molecule has 0 atom stereocenters. The minimum absolute atomic E-state index is 0.226. The molecule has 3 rings (SSSR count). The maximum Gasteiger partial charge on any atom is 0.269 e. The summed E-state index contributed by atoms with van der Waals surface area (Å²) in [6.07, 6.45) is 3.85. The number of aromatic nitrogens is 2. The summed E-state index contributed by atoms with van der Waals surface area (Å²) in [5, 5.41) is 0. The van der Waals surface area contributed by atoms with Crippen molar-refractivity contribution in [3.05, 3.63) is 64.9 Å². The van der Waals surface area contributed by atoms with Gasteiger partial charge in [-0.3, -0.25) is 0 Å². The van der Waals surface area contributed by atoms with Crippen LogP contribution in [-0.4, -0.2) is 24.0 Å². The van der Waals surface area contributed by atoms with Gasteiger partial charge in [-0.05, 0) is 59.6 Å². The highest BCUT2D eigenvalue weighted by molar-refractivity contribution is 9.10. The Balaban J connectivity index is 2.01. The van der Waals surface area contributed by atoms with Crippen LogP contribution in [0.5, 0.6) is 5.75 Å². The average Bonchev–Trinajstić information content (AvgIpc) is 3.11. The molecular formula is C19H19BrN2O3S. The number of imidazole rings is 1. The Labute approximate surface area is 161 Å². The van der Waals surface area contributed by atoms with E-state index in [1.165, 1.54) is 16.4 Å². The van der Waals surface area contributed by atoms with E-state index in [-0.39, 0.29) is 4.90 Å². The molecule has 0 N–H and O–H groups in total. The second-order valence-electron chi connectivity index (χ2n) is 5.86. The predicted octanol–water partition coefficient (Wildman–Crippen LogP) is 4.65. The molecule has 0 spiro atoms. The van der Waals surface area contributed by atoms with Gasteiger partial charge in [0.05, 0.1) is 16.0 Å². The number of aryl methyl sites for hydroxylation is 1. The Morgan fingerprint density at radius 3 is 2.54 bits per heavy atom. The summed E-state index contributed by atoms with van der Waals surface area (Å²) in [6.45, 7) is 4.57. The zero-order valence-corrected chi connectivity index (χ0v) is 16.9. The second-order valence-corrected chi connectivity index (χ2v) is 8.53. The van der Waals surface area contributed by atoms with Crippen LogP contribution in [0.2, 0.25) is 0 Å². The van der Waals surface area contributed by atoms with E-state index < -0.39 is 10.0 Å². The monoisotopic (exact) mass is 434 g/mol. The molecule has 7 heteroatoms. The lowest BCUT2D eigenvalue weighted by molar-refractivity contribution is 0.315. The first kappa shape index (κ1) is 18.7. The molecule has 3 aromatic rings. The van der Waals surface area contributed by atoms with Crippen LogP contribution in [0, 0.1) is 6.92 Å². The Kier molecular flexibility index (Phi) is 5.48. The molecule has 0 aliphatic heterocycles.